The summed E-state index contributed by atoms with van der Waals surface area (Å²) in [6.07, 6.45) is 3.04. The van der Waals surface area contributed by atoms with E-state index in [4.69, 9.17) is 4.74 Å². The van der Waals surface area contributed by atoms with E-state index in [0.29, 0.717) is 0 Å². The third-order valence-corrected chi connectivity index (χ3v) is 4.42. The van der Waals surface area contributed by atoms with E-state index in [0.717, 1.165) is 12.2 Å². The Balaban J connectivity index is 1.99. The Labute approximate surface area is 130 Å². The summed E-state index contributed by atoms with van der Waals surface area (Å²) in [4.78, 5) is 1.18. The third kappa shape index (κ3) is 3.06. The number of rotatable bonds is 4. The molecule has 0 unspecified atom stereocenters. The maximum atomic E-state index is 5.48. The minimum Gasteiger partial charge on any atom is -0.496 e. The summed E-state index contributed by atoms with van der Waals surface area (Å²) in [5.41, 5.74) is 2.66. The third-order valence-electron chi connectivity index (χ3n) is 3.66. The Morgan fingerprint density at radius 2 is 1.67 bits per heavy atom. The van der Waals surface area contributed by atoms with E-state index in [2.05, 4.69) is 66.9 Å². The fourth-order valence-corrected chi connectivity index (χ4v) is 3.15. The second kappa shape index (κ2) is 6.23. The van der Waals surface area contributed by atoms with Gasteiger partial charge in [-0.25, -0.2) is 0 Å². The van der Waals surface area contributed by atoms with Gasteiger partial charge in [0.15, 0.2) is 0 Å². The zero-order valence-corrected chi connectivity index (χ0v) is 13.1. The van der Waals surface area contributed by atoms with Crippen LogP contribution in [0.25, 0.3) is 10.8 Å². The zero-order chi connectivity index (χ0) is 14.7. The molecule has 0 aliphatic carbocycles. The number of hydrogen-bond donors (Lipinski definition) is 0. The Morgan fingerprint density at radius 3 is 2.38 bits per heavy atom. The first-order valence-corrected chi connectivity index (χ1v) is 8.21. The molecular formula is C19H18OS. The summed E-state index contributed by atoms with van der Waals surface area (Å²) in [5.74, 6) is 0.951. The Bertz CT molecular complexity index is 750. The van der Waals surface area contributed by atoms with Crippen molar-refractivity contribution in [1.82, 2.24) is 0 Å². The Hall–Kier alpha value is -1.93. The monoisotopic (exact) mass is 294 g/mol. The molecule has 21 heavy (non-hydrogen) atoms. The lowest BCUT2D eigenvalue weighted by Crippen LogP contribution is -1.90. The lowest BCUT2D eigenvalue weighted by atomic mass is 10.0. The average molecular weight is 294 g/mol. The molecule has 1 nitrogen and oxygen atoms in total. The molecule has 0 aliphatic heterocycles. The fraction of sp³-hybridized carbons (Fsp3) is 0.158. The highest BCUT2D eigenvalue weighted by Gasteiger charge is 2.05. The van der Waals surface area contributed by atoms with Gasteiger partial charge in [0, 0.05) is 4.90 Å². The number of thioether (sulfide) groups is 1. The van der Waals surface area contributed by atoms with Gasteiger partial charge in [0.05, 0.1) is 7.11 Å². The normalized spacial score (nSPS) is 10.8. The van der Waals surface area contributed by atoms with Gasteiger partial charge in [-0.1, -0.05) is 48.5 Å². The van der Waals surface area contributed by atoms with Gasteiger partial charge in [0.25, 0.3) is 0 Å². The molecule has 0 amide bonds. The summed E-state index contributed by atoms with van der Waals surface area (Å²) < 4.78 is 5.48. The summed E-state index contributed by atoms with van der Waals surface area (Å²) in [7, 11) is 1.73. The predicted molar refractivity (Wildman–Crippen MR) is 91.5 cm³/mol. The minimum absolute atomic E-state index is 0.951. The molecular weight excluding hydrogens is 276 g/mol. The summed E-state index contributed by atoms with van der Waals surface area (Å²) in [6, 6.07) is 21.6. The fourth-order valence-electron chi connectivity index (χ4n) is 2.57. The van der Waals surface area contributed by atoms with Crippen molar-refractivity contribution in [3.05, 3.63) is 71.8 Å². The highest BCUT2D eigenvalue weighted by Crippen LogP contribution is 2.32. The smallest absolute Gasteiger partial charge is 0.133 e. The van der Waals surface area contributed by atoms with Crippen LogP contribution in [0, 0.1) is 0 Å². The maximum absolute atomic E-state index is 5.48. The Kier molecular flexibility index (Phi) is 4.16. The van der Waals surface area contributed by atoms with Gasteiger partial charge in [0.1, 0.15) is 5.75 Å². The molecule has 0 N–H and O–H groups in total. The van der Waals surface area contributed by atoms with Crippen LogP contribution in [0.15, 0.2) is 65.6 Å². The van der Waals surface area contributed by atoms with E-state index >= 15 is 0 Å². The van der Waals surface area contributed by atoms with E-state index in [9.17, 15) is 0 Å². The van der Waals surface area contributed by atoms with Crippen molar-refractivity contribution in [2.75, 3.05) is 13.4 Å². The predicted octanol–water partition coefficient (Wildman–Crippen LogP) is 5.16. The molecule has 0 bridgehead atoms. The van der Waals surface area contributed by atoms with Crippen molar-refractivity contribution < 1.29 is 4.74 Å². The average Bonchev–Trinajstić information content (AvgIpc) is 2.54. The minimum atomic E-state index is 0.951. The van der Waals surface area contributed by atoms with Crippen molar-refractivity contribution in [2.24, 2.45) is 0 Å². The molecule has 2 heteroatoms. The SMILES string of the molecule is COc1cc2cc(Cc3ccccc3)ccc2cc1SC. The molecule has 3 aromatic rings. The number of fused-ring (bicyclic) bond motifs is 1. The molecule has 0 heterocycles. The highest BCUT2D eigenvalue weighted by molar-refractivity contribution is 7.98. The zero-order valence-electron chi connectivity index (χ0n) is 12.3. The van der Waals surface area contributed by atoms with Crippen LogP contribution in [-0.4, -0.2) is 13.4 Å². The molecule has 0 spiro atoms. The number of methoxy groups -OCH3 is 1. The lowest BCUT2D eigenvalue weighted by molar-refractivity contribution is 0.405. The van der Waals surface area contributed by atoms with Crippen LogP contribution in [0.4, 0.5) is 0 Å². The molecule has 3 aromatic carbocycles. The first-order chi connectivity index (χ1) is 10.3. The van der Waals surface area contributed by atoms with Crippen molar-refractivity contribution in [3.63, 3.8) is 0 Å². The van der Waals surface area contributed by atoms with Crippen LogP contribution in [0.5, 0.6) is 5.75 Å². The van der Waals surface area contributed by atoms with E-state index in [1.807, 2.05) is 0 Å². The van der Waals surface area contributed by atoms with Crippen LogP contribution in [0.2, 0.25) is 0 Å². The number of ether oxygens (including phenoxy) is 1. The number of hydrogen-bond acceptors (Lipinski definition) is 2. The Morgan fingerprint density at radius 1 is 0.857 bits per heavy atom. The van der Waals surface area contributed by atoms with Crippen molar-refractivity contribution in [1.29, 1.82) is 0 Å². The van der Waals surface area contributed by atoms with Crippen molar-refractivity contribution >= 4 is 22.5 Å². The van der Waals surface area contributed by atoms with Crippen LogP contribution in [-0.2, 0) is 6.42 Å². The van der Waals surface area contributed by atoms with Crippen LogP contribution in [0.3, 0.4) is 0 Å². The van der Waals surface area contributed by atoms with Gasteiger partial charge in [-0.05, 0) is 46.7 Å². The molecule has 3 rings (SSSR count). The van der Waals surface area contributed by atoms with Gasteiger partial charge in [-0.3, -0.25) is 0 Å². The van der Waals surface area contributed by atoms with E-state index in [-0.39, 0.29) is 0 Å². The van der Waals surface area contributed by atoms with E-state index in [1.165, 1.54) is 26.8 Å². The van der Waals surface area contributed by atoms with Crippen molar-refractivity contribution in [3.8, 4) is 5.75 Å². The molecule has 0 saturated heterocycles. The first kappa shape index (κ1) is 14.0. The molecule has 0 fully saturated rings. The quantitative estimate of drug-likeness (QED) is 0.615. The largest absolute Gasteiger partial charge is 0.496 e. The van der Waals surface area contributed by atoms with Crippen LogP contribution in [0.1, 0.15) is 11.1 Å². The molecule has 106 valence electrons. The molecule has 0 aliphatic rings. The summed E-state index contributed by atoms with van der Waals surface area (Å²) in [5, 5.41) is 2.50. The van der Waals surface area contributed by atoms with Crippen molar-refractivity contribution in [2.45, 2.75) is 11.3 Å². The van der Waals surface area contributed by atoms with Gasteiger partial charge >= 0.3 is 0 Å². The second-order valence-electron chi connectivity index (χ2n) is 5.05. The van der Waals surface area contributed by atoms with Gasteiger partial charge in [-0.15, -0.1) is 11.8 Å². The molecule has 0 aromatic heterocycles. The lowest BCUT2D eigenvalue weighted by Gasteiger charge is -2.10. The van der Waals surface area contributed by atoms with Gasteiger partial charge in [0.2, 0.25) is 0 Å². The first-order valence-electron chi connectivity index (χ1n) is 6.99. The molecule has 0 saturated carbocycles. The number of benzene rings is 3. The van der Waals surface area contributed by atoms with E-state index in [1.54, 1.807) is 18.9 Å². The summed E-state index contributed by atoms with van der Waals surface area (Å²) in [6.45, 7) is 0. The standard InChI is InChI=1S/C19H18OS/c1-20-18-12-17-11-15(10-14-6-4-3-5-7-14)8-9-16(17)13-19(18)21-2/h3-9,11-13H,10H2,1-2H3. The summed E-state index contributed by atoms with van der Waals surface area (Å²) >= 11 is 1.72. The van der Waals surface area contributed by atoms with Crippen LogP contribution >= 0.6 is 11.8 Å². The molecule has 0 atom stereocenters. The topological polar surface area (TPSA) is 9.23 Å². The highest BCUT2D eigenvalue weighted by atomic mass is 32.2. The van der Waals surface area contributed by atoms with Gasteiger partial charge in [-0.2, -0.15) is 0 Å². The molecule has 0 radical (unpaired) electrons. The van der Waals surface area contributed by atoms with Crippen LogP contribution < -0.4 is 4.74 Å². The van der Waals surface area contributed by atoms with Gasteiger partial charge < -0.3 is 4.74 Å². The van der Waals surface area contributed by atoms with E-state index < -0.39 is 0 Å². The maximum Gasteiger partial charge on any atom is 0.133 e. The second-order valence-corrected chi connectivity index (χ2v) is 5.90.